The summed E-state index contributed by atoms with van der Waals surface area (Å²) < 4.78 is 42.4. The van der Waals surface area contributed by atoms with Crippen LogP contribution in [0.3, 0.4) is 0 Å². The van der Waals surface area contributed by atoms with Gasteiger partial charge in [0.15, 0.2) is 0 Å². The molecule has 1 heterocycles. The number of ether oxygens (including phenoxy) is 1. The highest BCUT2D eigenvalue weighted by molar-refractivity contribution is 5.20. The molecule has 1 aliphatic heterocycles. The maximum Gasteiger partial charge on any atom is 0.401 e. The van der Waals surface area contributed by atoms with Crippen LogP contribution >= 0.6 is 0 Å². The van der Waals surface area contributed by atoms with E-state index in [0.29, 0.717) is 25.6 Å². The lowest BCUT2D eigenvalue weighted by molar-refractivity contribution is -0.148. The van der Waals surface area contributed by atoms with Gasteiger partial charge in [-0.25, -0.2) is 0 Å². The third-order valence-corrected chi connectivity index (χ3v) is 3.34. The van der Waals surface area contributed by atoms with Gasteiger partial charge in [-0.3, -0.25) is 4.90 Å². The zero-order chi connectivity index (χ0) is 13.7. The molecule has 0 amide bonds. The third kappa shape index (κ3) is 5.11. The Balaban J connectivity index is 1.69. The molecular weight excluding hydrogens is 255 g/mol. The van der Waals surface area contributed by atoms with Crippen molar-refractivity contribution in [3.8, 4) is 5.75 Å². The minimum Gasteiger partial charge on any atom is -0.493 e. The molecule has 1 saturated heterocycles. The molecule has 0 N–H and O–H groups in total. The Bertz CT molecular complexity index is 372. The number of likely N-dealkylation sites (tertiary alicyclic amines) is 1. The molecule has 0 aliphatic carbocycles. The second-order valence-electron chi connectivity index (χ2n) is 4.96. The summed E-state index contributed by atoms with van der Waals surface area (Å²) in [7, 11) is 0. The van der Waals surface area contributed by atoms with E-state index in [1.165, 1.54) is 4.90 Å². The van der Waals surface area contributed by atoms with Gasteiger partial charge in [0.1, 0.15) is 5.75 Å². The zero-order valence-corrected chi connectivity index (χ0v) is 10.7. The smallest absolute Gasteiger partial charge is 0.401 e. The lowest BCUT2D eigenvalue weighted by Crippen LogP contribution is -2.41. The lowest BCUT2D eigenvalue weighted by Gasteiger charge is -2.32. The average Bonchev–Trinajstić information content (AvgIpc) is 2.37. The molecule has 106 valence electrons. The van der Waals surface area contributed by atoms with Crippen molar-refractivity contribution in [3.05, 3.63) is 30.3 Å². The summed E-state index contributed by atoms with van der Waals surface area (Å²) in [4.78, 5) is 1.47. The first-order chi connectivity index (χ1) is 9.03. The first kappa shape index (κ1) is 14.2. The molecule has 19 heavy (non-hydrogen) atoms. The highest BCUT2D eigenvalue weighted by Gasteiger charge is 2.32. The van der Waals surface area contributed by atoms with Crippen molar-refractivity contribution in [3.63, 3.8) is 0 Å². The van der Waals surface area contributed by atoms with Gasteiger partial charge in [0.05, 0.1) is 13.2 Å². The van der Waals surface area contributed by atoms with E-state index in [2.05, 4.69) is 0 Å². The van der Waals surface area contributed by atoms with Gasteiger partial charge in [-0.2, -0.15) is 13.2 Å². The minimum absolute atomic E-state index is 0.352. The number of piperidine rings is 1. The van der Waals surface area contributed by atoms with E-state index in [1.807, 2.05) is 30.3 Å². The Labute approximate surface area is 111 Å². The molecule has 0 bridgehead atoms. The number of hydrogen-bond donors (Lipinski definition) is 0. The number of benzene rings is 1. The molecule has 0 unspecified atom stereocenters. The van der Waals surface area contributed by atoms with E-state index in [1.54, 1.807) is 0 Å². The fraction of sp³-hybridized carbons (Fsp3) is 0.571. The van der Waals surface area contributed by atoms with Crippen LogP contribution in [0.25, 0.3) is 0 Å². The molecule has 1 aromatic rings. The number of para-hydroxylation sites is 1. The molecule has 5 heteroatoms. The lowest BCUT2D eigenvalue weighted by atomic mass is 9.98. The number of hydrogen-bond acceptors (Lipinski definition) is 2. The topological polar surface area (TPSA) is 12.5 Å². The maximum atomic E-state index is 12.2. The summed E-state index contributed by atoms with van der Waals surface area (Å²) >= 11 is 0. The summed E-state index contributed by atoms with van der Waals surface area (Å²) in [6.07, 6.45) is -2.56. The molecule has 0 atom stereocenters. The molecule has 0 aromatic heterocycles. The molecular formula is C14H18F3NO. The Hall–Kier alpha value is -1.23. The van der Waals surface area contributed by atoms with Crippen LogP contribution in [0.2, 0.25) is 0 Å². The van der Waals surface area contributed by atoms with Crippen LogP contribution in [-0.4, -0.2) is 37.3 Å². The Morgan fingerprint density at radius 1 is 1.11 bits per heavy atom. The number of rotatable bonds is 4. The zero-order valence-electron chi connectivity index (χ0n) is 10.7. The fourth-order valence-corrected chi connectivity index (χ4v) is 2.30. The van der Waals surface area contributed by atoms with E-state index in [9.17, 15) is 13.2 Å². The van der Waals surface area contributed by atoms with Crippen molar-refractivity contribution in [2.24, 2.45) is 5.92 Å². The fourth-order valence-electron chi connectivity index (χ4n) is 2.30. The van der Waals surface area contributed by atoms with Crippen molar-refractivity contribution in [1.29, 1.82) is 0 Å². The molecule has 1 fully saturated rings. The van der Waals surface area contributed by atoms with Crippen LogP contribution in [0.1, 0.15) is 12.8 Å². The SMILES string of the molecule is FC(F)(F)CN1CCC(COc2ccccc2)CC1. The van der Waals surface area contributed by atoms with E-state index in [0.717, 1.165) is 18.6 Å². The summed E-state index contributed by atoms with van der Waals surface area (Å²) in [6.45, 7) is 0.799. The second-order valence-corrected chi connectivity index (χ2v) is 4.96. The van der Waals surface area contributed by atoms with Gasteiger partial charge in [0.2, 0.25) is 0 Å². The quantitative estimate of drug-likeness (QED) is 0.834. The van der Waals surface area contributed by atoms with Crippen LogP contribution in [0.15, 0.2) is 30.3 Å². The van der Waals surface area contributed by atoms with E-state index >= 15 is 0 Å². The summed E-state index contributed by atoms with van der Waals surface area (Å²) in [6, 6.07) is 9.50. The van der Waals surface area contributed by atoms with Gasteiger partial charge in [0.25, 0.3) is 0 Å². The van der Waals surface area contributed by atoms with Gasteiger partial charge in [-0.1, -0.05) is 18.2 Å². The first-order valence-corrected chi connectivity index (χ1v) is 6.50. The molecule has 2 rings (SSSR count). The Morgan fingerprint density at radius 2 is 1.74 bits per heavy atom. The summed E-state index contributed by atoms with van der Waals surface area (Å²) in [5, 5.41) is 0. The standard InChI is InChI=1S/C14H18F3NO/c15-14(16,17)11-18-8-6-12(7-9-18)10-19-13-4-2-1-3-5-13/h1-5,12H,6-11H2. The van der Waals surface area contributed by atoms with Crippen molar-refractivity contribution in [2.75, 3.05) is 26.2 Å². The van der Waals surface area contributed by atoms with Crippen LogP contribution in [0.4, 0.5) is 13.2 Å². The van der Waals surface area contributed by atoms with Crippen molar-refractivity contribution >= 4 is 0 Å². The predicted molar refractivity (Wildman–Crippen MR) is 67.2 cm³/mol. The minimum atomic E-state index is -4.09. The molecule has 0 radical (unpaired) electrons. The Morgan fingerprint density at radius 3 is 2.32 bits per heavy atom. The molecule has 2 nitrogen and oxygen atoms in total. The molecule has 0 spiro atoms. The first-order valence-electron chi connectivity index (χ1n) is 6.50. The average molecular weight is 273 g/mol. The van der Waals surface area contributed by atoms with Crippen molar-refractivity contribution in [1.82, 2.24) is 4.90 Å². The Kier molecular flexibility index (Phi) is 4.69. The maximum absolute atomic E-state index is 12.2. The monoisotopic (exact) mass is 273 g/mol. The van der Waals surface area contributed by atoms with E-state index < -0.39 is 12.7 Å². The van der Waals surface area contributed by atoms with Gasteiger partial charge in [-0.05, 0) is 44.0 Å². The highest BCUT2D eigenvalue weighted by Crippen LogP contribution is 2.23. The van der Waals surface area contributed by atoms with E-state index in [-0.39, 0.29) is 0 Å². The van der Waals surface area contributed by atoms with Crippen molar-refractivity contribution in [2.45, 2.75) is 19.0 Å². The van der Waals surface area contributed by atoms with Gasteiger partial charge >= 0.3 is 6.18 Å². The number of alkyl halides is 3. The third-order valence-electron chi connectivity index (χ3n) is 3.34. The van der Waals surface area contributed by atoms with Crippen molar-refractivity contribution < 1.29 is 17.9 Å². The van der Waals surface area contributed by atoms with Crippen LogP contribution in [0.5, 0.6) is 5.75 Å². The summed E-state index contributed by atoms with van der Waals surface area (Å²) in [5.41, 5.74) is 0. The van der Waals surface area contributed by atoms with Gasteiger partial charge < -0.3 is 4.74 Å². The molecule has 0 saturated carbocycles. The largest absolute Gasteiger partial charge is 0.493 e. The van der Waals surface area contributed by atoms with Gasteiger partial charge in [-0.15, -0.1) is 0 Å². The summed E-state index contributed by atoms with van der Waals surface area (Å²) in [5.74, 6) is 1.17. The van der Waals surface area contributed by atoms with Crippen LogP contribution in [-0.2, 0) is 0 Å². The number of nitrogens with zero attached hydrogens (tertiary/aromatic N) is 1. The number of halogens is 3. The predicted octanol–water partition coefficient (Wildman–Crippen LogP) is 3.34. The molecule has 1 aromatic carbocycles. The second kappa shape index (κ2) is 6.28. The van der Waals surface area contributed by atoms with E-state index in [4.69, 9.17) is 4.74 Å². The van der Waals surface area contributed by atoms with Crippen LogP contribution in [0, 0.1) is 5.92 Å². The molecule has 1 aliphatic rings. The highest BCUT2D eigenvalue weighted by atomic mass is 19.4. The van der Waals surface area contributed by atoms with Gasteiger partial charge in [0, 0.05) is 0 Å². The normalized spacial score (nSPS) is 18.5. The van der Waals surface area contributed by atoms with Crippen LogP contribution < -0.4 is 4.74 Å².